The van der Waals surface area contributed by atoms with Crippen molar-refractivity contribution in [3.8, 4) is 0 Å². The average Bonchev–Trinajstić information content (AvgIpc) is 2.96. The van der Waals surface area contributed by atoms with E-state index in [-0.39, 0.29) is 36.9 Å². The van der Waals surface area contributed by atoms with Gasteiger partial charge in [0, 0.05) is 44.3 Å². The molecule has 43 heavy (non-hydrogen) atoms. The number of likely N-dealkylation sites (N-methyl/N-ethyl adjacent to an activating group) is 1. The number of piperazine rings is 1. The van der Waals surface area contributed by atoms with Crippen molar-refractivity contribution in [1.29, 1.82) is 0 Å². The first-order valence-electron chi connectivity index (χ1n) is 15.1. The zero-order valence-electron chi connectivity index (χ0n) is 25.5. The van der Waals surface area contributed by atoms with Gasteiger partial charge >= 0.3 is 12.1 Å². The van der Waals surface area contributed by atoms with Gasteiger partial charge in [0.15, 0.2) is 0 Å². The Morgan fingerprint density at radius 1 is 1.07 bits per heavy atom. The predicted molar refractivity (Wildman–Crippen MR) is 160 cm³/mol. The summed E-state index contributed by atoms with van der Waals surface area (Å²) in [6, 6.07) is 4.38. The molecule has 1 aromatic carbocycles. The molecule has 0 radical (unpaired) electrons. The van der Waals surface area contributed by atoms with Crippen LogP contribution in [0.25, 0.3) is 6.08 Å². The van der Waals surface area contributed by atoms with Gasteiger partial charge in [0.2, 0.25) is 0 Å². The fraction of sp³-hybridized carbons (Fsp3) is 0.594. The van der Waals surface area contributed by atoms with Gasteiger partial charge in [0.05, 0.1) is 19.1 Å². The van der Waals surface area contributed by atoms with Crippen LogP contribution in [0.4, 0.5) is 14.9 Å². The zero-order valence-corrected chi connectivity index (χ0v) is 25.5. The third-order valence-electron chi connectivity index (χ3n) is 8.30. The van der Waals surface area contributed by atoms with E-state index >= 15 is 0 Å². The fourth-order valence-corrected chi connectivity index (χ4v) is 5.60. The molecule has 236 valence electrons. The summed E-state index contributed by atoms with van der Waals surface area (Å²) in [5.41, 5.74) is 1.59. The molecule has 4 rings (SSSR count). The van der Waals surface area contributed by atoms with E-state index in [9.17, 15) is 23.9 Å². The second-order valence-corrected chi connectivity index (χ2v) is 11.9. The molecule has 2 fully saturated rings. The molecule has 0 unspecified atom stereocenters. The summed E-state index contributed by atoms with van der Waals surface area (Å²) in [6.07, 6.45) is 3.69. The summed E-state index contributed by atoms with van der Waals surface area (Å²) in [4.78, 5) is 43.5. The second-order valence-electron chi connectivity index (χ2n) is 11.9. The Morgan fingerprint density at radius 3 is 2.53 bits per heavy atom. The lowest BCUT2D eigenvalue weighted by molar-refractivity contribution is -0.151. The monoisotopic (exact) mass is 601 g/mol. The van der Waals surface area contributed by atoms with Crippen molar-refractivity contribution in [3.05, 3.63) is 47.3 Å². The number of carbonyl (C=O) groups is 3. The molecule has 0 saturated carbocycles. The van der Waals surface area contributed by atoms with E-state index in [2.05, 4.69) is 4.90 Å². The molecule has 2 amide bonds. The zero-order chi connectivity index (χ0) is 31.1. The first-order valence-corrected chi connectivity index (χ1v) is 15.1. The minimum atomic E-state index is -0.899. The van der Waals surface area contributed by atoms with E-state index in [1.54, 1.807) is 24.0 Å². The maximum absolute atomic E-state index is 14.7. The van der Waals surface area contributed by atoms with Crippen LogP contribution in [-0.2, 0) is 23.8 Å². The Bertz CT molecular complexity index is 1210. The average molecular weight is 602 g/mol. The summed E-state index contributed by atoms with van der Waals surface area (Å²) in [5, 5.41) is 10.6. The number of halogens is 1. The van der Waals surface area contributed by atoms with Gasteiger partial charge in [-0.05, 0) is 68.1 Å². The van der Waals surface area contributed by atoms with E-state index in [1.165, 1.54) is 17.0 Å². The Morgan fingerprint density at radius 2 is 1.81 bits per heavy atom. The molecule has 0 aliphatic carbocycles. The number of hydrogen-bond acceptors (Lipinski definition) is 8. The number of cyclic esters (lactones) is 1. The summed E-state index contributed by atoms with van der Waals surface area (Å²) in [7, 11) is 2.02. The third kappa shape index (κ3) is 9.11. The highest BCUT2D eigenvalue weighted by Gasteiger charge is 2.29. The van der Waals surface area contributed by atoms with Crippen molar-refractivity contribution >= 4 is 29.7 Å². The molecule has 0 aromatic heterocycles. The number of anilines is 1. The Hall–Kier alpha value is -3.28. The van der Waals surface area contributed by atoms with Gasteiger partial charge in [-0.3, -0.25) is 9.59 Å². The topological polar surface area (TPSA) is 109 Å². The number of hydrogen-bond donors (Lipinski definition) is 1. The largest absolute Gasteiger partial charge is 0.457 e. The molecule has 3 heterocycles. The van der Waals surface area contributed by atoms with E-state index in [1.807, 2.05) is 33.0 Å². The molecule has 3 aliphatic rings. The molecule has 3 aliphatic heterocycles. The lowest BCUT2D eigenvalue weighted by Gasteiger charge is -2.33. The standard InChI is InChI=1S/C32H44FN3O7/c1-21-5-7-27(37)19-30(39)43-31(22(2)6-8-28(21)42-32(40)35-11-9-34(4)10-12-35)23(3)15-24-16-25(33)18-26(17-24)36-13-14-41-20-29(36)38/h6,8,15-18,21-22,27-28,31,37H,5,7,9-14,19-20H2,1-4H3/b8-6+,23-15+/t21-,22-,27+,28+,31-/m0/s1. The first kappa shape index (κ1) is 32.6. The summed E-state index contributed by atoms with van der Waals surface area (Å²) >= 11 is 0. The number of aliphatic hydroxyl groups is 1. The van der Waals surface area contributed by atoms with Gasteiger partial charge in [-0.25, -0.2) is 9.18 Å². The van der Waals surface area contributed by atoms with E-state index in [4.69, 9.17) is 14.2 Å². The highest BCUT2D eigenvalue weighted by atomic mass is 19.1. The SMILES string of the molecule is C/C(=C\c1cc(F)cc(N2CCOCC2=O)c1)[C@H]1OC(=O)C[C@H](O)CC[C@H](C)[C@H](OC(=O)N2CCN(C)CC2)/C=C/[C@@H]1C. The number of nitrogens with zero attached hydrogens (tertiary/aromatic N) is 3. The normalized spacial score (nSPS) is 29.3. The Kier molecular flexibility index (Phi) is 11.3. The molecule has 11 heteroatoms. The number of ether oxygens (including phenoxy) is 3. The molecule has 2 saturated heterocycles. The second kappa shape index (κ2) is 14.9. The number of carbonyl (C=O) groups excluding carboxylic acids is 3. The molecule has 1 aromatic rings. The van der Waals surface area contributed by atoms with Crippen LogP contribution in [0.5, 0.6) is 0 Å². The molecular formula is C32H44FN3O7. The number of rotatable bonds is 4. The molecule has 0 spiro atoms. The van der Waals surface area contributed by atoms with Gasteiger partial charge in [-0.2, -0.15) is 0 Å². The first-order chi connectivity index (χ1) is 20.5. The van der Waals surface area contributed by atoms with Gasteiger partial charge < -0.3 is 34.0 Å². The maximum Gasteiger partial charge on any atom is 0.410 e. The van der Waals surface area contributed by atoms with Gasteiger partial charge in [0.25, 0.3) is 5.91 Å². The highest BCUT2D eigenvalue weighted by Crippen LogP contribution is 2.27. The lowest BCUT2D eigenvalue weighted by Crippen LogP contribution is -2.48. The third-order valence-corrected chi connectivity index (χ3v) is 8.30. The Balaban J connectivity index is 1.57. The lowest BCUT2D eigenvalue weighted by atomic mass is 9.91. The van der Waals surface area contributed by atoms with E-state index in [0.717, 1.165) is 13.1 Å². The summed E-state index contributed by atoms with van der Waals surface area (Å²) in [5.74, 6) is -1.69. The highest BCUT2D eigenvalue weighted by molar-refractivity contribution is 5.95. The Labute approximate surface area is 253 Å². The molecule has 10 nitrogen and oxygen atoms in total. The molecule has 1 N–H and O–H groups in total. The van der Waals surface area contributed by atoms with Crippen molar-refractivity contribution in [2.24, 2.45) is 11.8 Å². The maximum atomic E-state index is 14.7. The van der Waals surface area contributed by atoms with Crippen LogP contribution >= 0.6 is 0 Å². The van der Waals surface area contributed by atoms with Crippen molar-refractivity contribution in [2.75, 3.05) is 57.9 Å². The van der Waals surface area contributed by atoms with Gasteiger partial charge in [0.1, 0.15) is 24.6 Å². The smallest absolute Gasteiger partial charge is 0.410 e. The van der Waals surface area contributed by atoms with Crippen LogP contribution in [0, 0.1) is 17.7 Å². The van der Waals surface area contributed by atoms with E-state index in [0.29, 0.717) is 55.9 Å². The van der Waals surface area contributed by atoms with E-state index < -0.39 is 30.1 Å². The van der Waals surface area contributed by atoms with Gasteiger partial charge in [-0.1, -0.05) is 26.0 Å². The fourth-order valence-electron chi connectivity index (χ4n) is 5.60. The minimum Gasteiger partial charge on any atom is -0.457 e. The quantitative estimate of drug-likeness (QED) is 0.412. The predicted octanol–water partition coefficient (Wildman–Crippen LogP) is 3.63. The number of morpholine rings is 1. The van der Waals surface area contributed by atoms with Crippen LogP contribution in [0.3, 0.4) is 0 Å². The van der Waals surface area contributed by atoms with Gasteiger partial charge in [-0.15, -0.1) is 0 Å². The van der Waals surface area contributed by atoms with Crippen LogP contribution < -0.4 is 4.90 Å². The van der Waals surface area contributed by atoms with Crippen LogP contribution in [-0.4, -0.2) is 104 Å². The van der Waals surface area contributed by atoms with Crippen molar-refractivity contribution < 1.29 is 38.1 Å². The number of esters is 1. The van der Waals surface area contributed by atoms with Crippen molar-refractivity contribution in [3.63, 3.8) is 0 Å². The molecule has 0 bridgehead atoms. The number of benzene rings is 1. The van der Waals surface area contributed by atoms with Crippen LogP contribution in [0.15, 0.2) is 35.9 Å². The van der Waals surface area contributed by atoms with Crippen LogP contribution in [0.1, 0.15) is 45.6 Å². The summed E-state index contributed by atoms with van der Waals surface area (Å²) in [6.45, 7) is 9.04. The van der Waals surface area contributed by atoms with Crippen molar-refractivity contribution in [1.82, 2.24) is 9.80 Å². The molecule has 5 atom stereocenters. The van der Waals surface area contributed by atoms with Crippen LogP contribution in [0.2, 0.25) is 0 Å². The summed E-state index contributed by atoms with van der Waals surface area (Å²) < 4.78 is 31.7. The molecular weight excluding hydrogens is 557 g/mol. The minimum absolute atomic E-state index is 0.0568. The number of amides is 2. The number of aliphatic hydroxyl groups excluding tert-OH is 1. The van der Waals surface area contributed by atoms with Crippen molar-refractivity contribution in [2.45, 2.75) is 58.3 Å².